The van der Waals surface area contributed by atoms with Gasteiger partial charge in [0.25, 0.3) is 0 Å². The smallest absolute Gasteiger partial charge is 0.226 e. The third-order valence-corrected chi connectivity index (χ3v) is 5.77. The molecule has 1 N–H and O–H groups in total. The Morgan fingerprint density at radius 2 is 2.23 bits per heavy atom. The van der Waals surface area contributed by atoms with Crippen LogP contribution < -0.4 is 5.32 Å². The van der Waals surface area contributed by atoms with Gasteiger partial charge in [0.15, 0.2) is 5.13 Å². The summed E-state index contributed by atoms with van der Waals surface area (Å²) in [6.07, 6.45) is 7.70. The first-order valence-electron chi connectivity index (χ1n) is 7.94. The lowest BCUT2D eigenvalue weighted by Gasteiger charge is -2.20. The number of aromatic nitrogens is 2. The van der Waals surface area contributed by atoms with Crippen molar-refractivity contribution >= 4 is 22.4 Å². The van der Waals surface area contributed by atoms with Gasteiger partial charge in [-0.2, -0.15) is 0 Å². The van der Waals surface area contributed by atoms with Gasteiger partial charge in [0.2, 0.25) is 5.91 Å². The number of hydrogen-bond donors (Lipinski definition) is 1. The zero-order chi connectivity index (χ0) is 14.9. The Morgan fingerprint density at radius 3 is 2.95 bits per heavy atom. The predicted molar refractivity (Wildman–Crippen MR) is 87.5 cm³/mol. The fourth-order valence-electron chi connectivity index (χ4n) is 4.00. The van der Waals surface area contributed by atoms with Crippen LogP contribution in [0.15, 0.2) is 29.8 Å². The van der Waals surface area contributed by atoms with Gasteiger partial charge in [-0.05, 0) is 49.1 Å². The largest absolute Gasteiger partial charge is 0.302 e. The fraction of sp³-hybridized carbons (Fsp3) is 0.471. The summed E-state index contributed by atoms with van der Waals surface area (Å²) in [6.45, 7) is 0. The topological polar surface area (TPSA) is 54.9 Å². The highest BCUT2D eigenvalue weighted by atomic mass is 32.1. The van der Waals surface area contributed by atoms with E-state index >= 15 is 0 Å². The van der Waals surface area contributed by atoms with Crippen LogP contribution in [-0.2, 0) is 4.79 Å². The van der Waals surface area contributed by atoms with Gasteiger partial charge in [0.1, 0.15) is 5.69 Å². The summed E-state index contributed by atoms with van der Waals surface area (Å²) in [5, 5.41) is 5.57. The summed E-state index contributed by atoms with van der Waals surface area (Å²) in [4.78, 5) is 21.0. The molecule has 0 spiro atoms. The fourth-order valence-corrected chi connectivity index (χ4v) is 4.72. The van der Waals surface area contributed by atoms with Crippen LogP contribution in [0.1, 0.15) is 32.1 Å². The summed E-state index contributed by atoms with van der Waals surface area (Å²) in [5.74, 6) is 2.38. The highest BCUT2D eigenvalue weighted by Crippen LogP contribution is 2.49. The number of amides is 1. The van der Waals surface area contributed by atoms with E-state index in [1.165, 1.54) is 37.0 Å². The maximum Gasteiger partial charge on any atom is 0.226 e. The number of pyridine rings is 1. The van der Waals surface area contributed by atoms with E-state index in [9.17, 15) is 4.79 Å². The second kappa shape index (κ2) is 5.80. The summed E-state index contributed by atoms with van der Waals surface area (Å²) in [7, 11) is 0. The van der Waals surface area contributed by atoms with Crippen molar-refractivity contribution in [3.05, 3.63) is 29.8 Å². The third kappa shape index (κ3) is 2.77. The van der Waals surface area contributed by atoms with E-state index in [2.05, 4.69) is 15.3 Å². The van der Waals surface area contributed by atoms with Crippen molar-refractivity contribution in [1.29, 1.82) is 0 Å². The zero-order valence-electron chi connectivity index (χ0n) is 12.4. The summed E-state index contributed by atoms with van der Waals surface area (Å²) in [5.41, 5.74) is 1.66. The van der Waals surface area contributed by atoms with Crippen LogP contribution in [0.3, 0.4) is 0 Å². The number of thiazole rings is 1. The Balaban J connectivity index is 1.37. The second-order valence-corrected chi connectivity index (χ2v) is 7.30. The first-order chi connectivity index (χ1) is 10.8. The Morgan fingerprint density at radius 1 is 1.27 bits per heavy atom. The molecule has 0 aromatic carbocycles. The highest BCUT2D eigenvalue weighted by Gasteiger charge is 2.40. The Kier molecular flexibility index (Phi) is 3.66. The van der Waals surface area contributed by atoms with Gasteiger partial charge in [0.05, 0.1) is 5.69 Å². The van der Waals surface area contributed by atoms with Crippen LogP contribution >= 0.6 is 11.3 Å². The maximum absolute atomic E-state index is 12.2. The molecule has 0 radical (unpaired) electrons. The normalized spacial score (nSPS) is 26.3. The number of anilines is 1. The predicted octanol–water partition coefficient (Wildman–Crippen LogP) is 3.97. The third-order valence-electron chi connectivity index (χ3n) is 5.01. The van der Waals surface area contributed by atoms with E-state index in [0.717, 1.165) is 23.2 Å². The SMILES string of the molecule is O=C(C[C@H]1C[C@H]2CC[C@H]1C2)Nc1nc(-c2ccccn2)cs1. The highest BCUT2D eigenvalue weighted by molar-refractivity contribution is 7.14. The maximum atomic E-state index is 12.2. The Bertz CT molecular complexity index is 670. The molecule has 2 saturated carbocycles. The molecular weight excluding hydrogens is 294 g/mol. The number of hydrogen-bond acceptors (Lipinski definition) is 4. The quantitative estimate of drug-likeness (QED) is 0.929. The lowest BCUT2D eigenvalue weighted by atomic mass is 9.86. The summed E-state index contributed by atoms with van der Waals surface area (Å²) >= 11 is 1.46. The van der Waals surface area contributed by atoms with Crippen molar-refractivity contribution in [2.45, 2.75) is 32.1 Å². The number of fused-ring (bicyclic) bond motifs is 2. The van der Waals surface area contributed by atoms with Gasteiger partial charge < -0.3 is 5.32 Å². The van der Waals surface area contributed by atoms with Crippen molar-refractivity contribution in [3.8, 4) is 11.4 Å². The van der Waals surface area contributed by atoms with Crippen LogP contribution in [-0.4, -0.2) is 15.9 Å². The molecule has 2 bridgehead atoms. The minimum Gasteiger partial charge on any atom is -0.302 e. The molecule has 22 heavy (non-hydrogen) atoms. The van der Waals surface area contributed by atoms with Crippen molar-refractivity contribution in [2.75, 3.05) is 5.32 Å². The van der Waals surface area contributed by atoms with Crippen LogP contribution in [0.4, 0.5) is 5.13 Å². The number of rotatable bonds is 4. The molecule has 0 unspecified atom stereocenters. The summed E-state index contributed by atoms with van der Waals surface area (Å²) in [6, 6.07) is 5.75. The van der Waals surface area contributed by atoms with Crippen LogP contribution in [0.2, 0.25) is 0 Å². The molecule has 114 valence electrons. The van der Waals surface area contributed by atoms with Gasteiger partial charge in [-0.25, -0.2) is 4.98 Å². The number of nitrogens with zero attached hydrogens (tertiary/aromatic N) is 2. The average molecular weight is 313 g/mol. The van der Waals surface area contributed by atoms with E-state index < -0.39 is 0 Å². The molecule has 4 nitrogen and oxygen atoms in total. The number of carbonyl (C=O) groups is 1. The minimum atomic E-state index is 0.111. The van der Waals surface area contributed by atoms with Crippen molar-refractivity contribution in [1.82, 2.24) is 9.97 Å². The second-order valence-electron chi connectivity index (χ2n) is 6.44. The van der Waals surface area contributed by atoms with E-state index in [1.54, 1.807) is 6.20 Å². The average Bonchev–Trinajstić information content (AvgIpc) is 3.24. The van der Waals surface area contributed by atoms with E-state index in [4.69, 9.17) is 0 Å². The molecule has 3 atom stereocenters. The molecule has 0 saturated heterocycles. The lowest BCUT2D eigenvalue weighted by molar-refractivity contribution is -0.117. The molecule has 2 aliphatic carbocycles. The zero-order valence-corrected chi connectivity index (χ0v) is 13.2. The number of carbonyl (C=O) groups excluding carboxylic acids is 1. The molecule has 2 heterocycles. The first-order valence-corrected chi connectivity index (χ1v) is 8.82. The molecule has 2 aliphatic rings. The van der Waals surface area contributed by atoms with Gasteiger partial charge in [0, 0.05) is 18.0 Å². The minimum absolute atomic E-state index is 0.111. The molecular formula is C17H19N3OS. The summed E-state index contributed by atoms with van der Waals surface area (Å²) < 4.78 is 0. The lowest BCUT2D eigenvalue weighted by Crippen LogP contribution is -2.20. The van der Waals surface area contributed by atoms with Crippen LogP contribution in [0.5, 0.6) is 0 Å². The Labute approximate surface area is 134 Å². The van der Waals surface area contributed by atoms with E-state index in [-0.39, 0.29) is 5.91 Å². The monoisotopic (exact) mass is 313 g/mol. The van der Waals surface area contributed by atoms with E-state index in [1.807, 2.05) is 23.6 Å². The van der Waals surface area contributed by atoms with Gasteiger partial charge >= 0.3 is 0 Å². The standard InChI is InChI=1S/C17H19N3OS/c21-16(9-13-8-11-4-5-12(13)7-11)20-17-19-15(10-22-17)14-3-1-2-6-18-14/h1-3,6,10-13H,4-5,7-9H2,(H,19,20,21)/t11-,12-,13+/m0/s1. The Hall–Kier alpha value is -1.75. The van der Waals surface area contributed by atoms with Gasteiger partial charge in [-0.3, -0.25) is 9.78 Å². The van der Waals surface area contributed by atoms with Crippen LogP contribution in [0.25, 0.3) is 11.4 Å². The molecule has 4 rings (SSSR count). The van der Waals surface area contributed by atoms with E-state index in [0.29, 0.717) is 17.5 Å². The van der Waals surface area contributed by atoms with Crippen molar-refractivity contribution in [3.63, 3.8) is 0 Å². The molecule has 1 amide bonds. The van der Waals surface area contributed by atoms with Crippen molar-refractivity contribution in [2.24, 2.45) is 17.8 Å². The molecule has 2 aromatic heterocycles. The van der Waals surface area contributed by atoms with Crippen molar-refractivity contribution < 1.29 is 4.79 Å². The molecule has 2 fully saturated rings. The van der Waals surface area contributed by atoms with Gasteiger partial charge in [-0.1, -0.05) is 12.5 Å². The number of nitrogens with one attached hydrogen (secondary N) is 1. The van der Waals surface area contributed by atoms with Crippen LogP contribution in [0, 0.1) is 17.8 Å². The molecule has 2 aromatic rings. The van der Waals surface area contributed by atoms with Gasteiger partial charge in [-0.15, -0.1) is 11.3 Å². The molecule has 5 heteroatoms. The molecule has 0 aliphatic heterocycles. The first kappa shape index (κ1) is 13.9.